The molecule has 3 atom stereocenters. The highest BCUT2D eigenvalue weighted by Crippen LogP contribution is 2.48. The van der Waals surface area contributed by atoms with Crippen molar-refractivity contribution >= 4 is 23.5 Å². The van der Waals surface area contributed by atoms with Crippen molar-refractivity contribution in [2.24, 2.45) is 4.99 Å². The highest BCUT2D eigenvalue weighted by Gasteiger charge is 2.43. The van der Waals surface area contributed by atoms with Crippen LogP contribution in [-0.4, -0.2) is 83.0 Å². The Balaban J connectivity index is 1.37. The molecule has 1 saturated heterocycles. The third-order valence-corrected chi connectivity index (χ3v) is 7.90. The van der Waals surface area contributed by atoms with E-state index in [1.807, 2.05) is 93.0 Å². The number of methoxy groups -OCH3 is 2. The Bertz CT molecular complexity index is 1830. The number of para-hydroxylation sites is 1. The number of aromatic nitrogens is 4. The number of aliphatic hydroxyl groups is 1. The summed E-state index contributed by atoms with van der Waals surface area (Å²) in [6, 6.07) is 25.5. The number of H-pyrrole nitrogens is 1. The number of aliphatic imine (C=N–C) groups is 1. The normalized spacial score (nSPS) is 18.3. The lowest BCUT2D eigenvalue weighted by atomic mass is 9.79. The molecule has 1 aliphatic heterocycles. The molecule has 0 bridgehead atoms. The fraction of sp³-hybridized carbons (Fsp3) is 0.294. The topological polar surface area (TPSA) is 136 Å². The molecule has 12 heteroatoms. The summed E-state index contributed by atoms with van der Waals surface area (Å²) in [5, 5.41) is 11.2. The zero-order valence-corrected chi connectivity index (χ0v) is 26.0. The Labute approximate surface area is 265 Å². The molecule has 0 unspecified atom stereocenters. The maximum Gasteiger partial charge on any atom is 0.280 e. The van der Waals surface area contributed by atoms with Crippen LogP contribution in [0.15, 0.2) is 95.0 Å². The van der Waals surface area contributed by atoms with Crippen LogP contribution in [0.2, 0.25) is 0 Å². The summed E-state index contributed by atoms with van der Waals surface area (Å²) in [4.78, 5) is 30.0. The standard InChI is InChI=1S/C34H36N6O6/c1-39(2)20-36-33-37-30-28(31(42)38-33)35-21-40(30)32-26(41)18-24(46-32)19-45-34(22-12-7-5-8-13-22,23-14-9-6-10-15-23)25-16-11-17-27(43-3)29(25)44-4/h5-17,20-21,24,26,32,41H,18-19H2,1-4H3,(H,37,38,42)/b36-20+/t24-,26+,32+/m0/s1. The second-order valence-electron chi connectivity index (χ2n) is 11.1. The van der Waals surface area contributed by atoms with Crippen LogP contribution in [0, 0.1) is 0 Å². The quantitative estimate of drug-likeness (QED) is 0.127. The number of hydrogen-bond donors (Lipinski definition) is 2. The Morgan fingerprint density at radius 2 is 1.74 bits per heavy atom. The third-order valence-electron chi connectivity index (χ3n) is 7.90. The van der Waals surface area contributed by atoms with E-state index in [2.05, 4.69) is 19.9 Å². The molecule has 2 aromatic heterocycles. The van der Waals surface area contributed by atoms with Gasteiger partial charge in [0.2, 0.25) is 5.95 Å². The maximum atomic E-state index is 12.7. The number of hydrogen-bond acceptors (Lipinski definition) is 9. The number of rotatable bonds is 11. The molecular weight excluding hydrogens is 588 g/mol. The lowest BCUT2D eigenvalue weighted by Gasteiger charge is -2.37. The van der Waals surface area contributed by atoms with Crippen LogP contribution in [0.3, 0.4) is 0 Å². The molecule has 2 N–H and O–H groups in total. The van der Waals surface area contributed by atoms with Crippen molar-refractivity contribution < 1.29 is 24.1 Å². The molecule has 0 radical (unpaired) electrons. The van der Waals surface area contributed by atoms with E-state index < -0.39 is 29.6 Å². The van der Waals surface area contributed by atoms with Gasteiger partial charge in [-0.2, -0.15) is 4.98 Å². The molecule has 1 fully saturated rings. The van der Waals surface area contributed by atoms with Gasteiger partial charge in [-0.05, 0) is 17.2 Å². The highest BCUT2D eigenvalue weighted by atomic mass is 16.6. The van der Waals surface area contributed by atoms with Gasteiger partial charge in [-0.3, -0.25) is 14.3 Å². The lowest BCUT2D eigenvalue weighted by molar-refractivity contribution is -0.0855. The molecule has 1 aliphatic rings. The van der Waals surface area contributed by atoms with Crippen LogP contribution in [-0.2, 0) is 15.1 Å². The van der Waals surface area contributed by atoms with Crippen LogP contribution < -0.4 is 15.0 Å². The second kappa shape index (κ2) is 13.1. The summed E-state index contributed by atoms with van der Waals surface area (Å²) in [6.45, 7) is 0.108. The van der Waals surface area contributed by atoms with E-state index in [0.29, 0.717) is 11.5 Å². The Kier molecular flexibility index (Phi) is 8.84. The summed E-state index contributed by atoms with van der Waals surface area (Å²) in [6.07, 6.45) is 0.954. The van der Waals surface area contributed by atoms with E-state index in [4.69, 9.17) is 18.9 Å². The van der Waals surface area contributed by atoms with E-state index in [1.165, 1.54) is 12.7 Å². The first-order valence-electron chi connectivity index (χ1n) is 14.8. The van der Waals surface area contributed by atoms with E-state index in [9.17, 15) is 9.90 Å². The Hall–Kier alpha value is -5.04. The molecule has 3 aromatic carbocycles. The number of imidazole rings is 1. The van der Waals surface area contributed by atoms with Crippen molar-refractivity contribution in [1.29, 1.82) is 0 Å². The lowest BCUT2D eigenvalue weighted by Crippen LogP contribution is -2.36. The minimum Gasteiger partial charge on any atom is -0.493 e. The van der Waals surface area contributed by atoms with Gasteiger partial charge in [-0.15, -0.1) is 0 Å². The fourth-order valence-corrected chi connectivity index (χ4v) is 5.87. The number of ether oxygens (including phenoxy) is 4. The van der Waals surface area contributed by atoms with Crippen LogP contribution in [0.5, 0.6) is 11.5 Å². The number of benzene rings is 3. The van der Waals surface area contributed by atoms with Gasteiger partial charge in [-0.25, -0.2) is 9.98 Å². The number of aromatic amines is 1. The number of nitrogens with zero attached hydrogens (tertiary/aromatic N) is 5. The van der Waals surface area contributed by atoms with E-state index >= 15 is 0 Å². The van der Waals surface area contributed by atoms with Gasteiger partial charge in [0.1, 0.15) is 11.7 Å². The van der Waals surface area contributed by atoms with Gasteiger partial charge in [0, 0.05) is 26.1 Å². The van der Waals surface area contributed by atoms with Gasteiger partial charge >= 0.3 is 0 Å². The van der Waals surface area contributed by atoms with E-state index in [0.717, 1.165) is 16.7 Å². The minimum absolute atomic E-state index is 0.108. The first kappa shape index (κ1) is 31.0. The molecule has 0 aliphatic carbocycles. The minimum atomic E-state index is -1.13. The average molecular weight is 625 g/mol. The van der Waals surface area contributed by atoms with E-state index in [-0.39, 0.29) is 30.1 Å². The molecule has 0 amide bonds. The van der Waals surface area contributed by atoms with Crippen molar-refractivity contribution in [3.63, 3.8) is 0 Å². The van der Waals surface area contributed by atoms with Gasteiger partial charge in [0.05, 0.1) is 39.6 Å². The van der Waals surface area contributed by atoms with Gasteiger partial charge < -0.3 is 29.0 Å². The van der Waals surface area contributed by atoms with Gasteiger partial charge in [-0.1, -0.05) is 72.8 Å². The SMILES string of the molecule is COc1cccc(C(OC[C@@H]2C[C@@H](O)[C@H](n3cnc4c(=O)[nH]c(/N=C/N(C)C)nc43)O2)(c2ccccc2)c2ccccc2)c1OC. The molecule has 46 heavy (non-hydrogen) atoms. The maximum absolute atomic E-state index is 12.7. The largest absolute Gasteiger partial charge is 0.493 e. The van der Waals surface area contributed by atoms with Crippen molar-refractivity contribution in [2.75, 3.05) is 34.9 Å². The third kappa shape index (κ3) is 5.73. The molecule has 12 nitrogen and oxygen atoms in total. The predicted molar refractivity (Wildman–Crippen MR) is 173 cm³/mol. The van der Waals surface area contributed by atoms with Gasteiger partial charge in [0.15, 0.2) is 28.9 Å². The molecule has 6 rings (SSSR count). The summed E-state index contributed by atoms with van der Waals surface area (Å²) in [5.74, 6) is 1.22. The molecule has 0 spiro atoms. The predicted octanol–water partition coefficient (Wildman–Crippen LogP) is 4.02. The summed E-state index contributed by atoms with van der Waals surface area (Å²) >= 11 is 0. The zero-order chi connectivity index (χ0) is 32.3. The first-order chi connectivity index (χ1) is 22.3. The molecule has 0 saturated carbocycles. The zero-order valence-electron chi connectivity index (χ0n) is 26.0. The molecule has 238 valence electrons. The second-order valence-corrected chi connectivity index (χ2v) is 11.1. The Morgan fingerprint density at radius 1 is 1.04 bits per heavy atom. The molecule has 5 aromatic rings. The van der Waals surface area contributed by atoms with Crippen LogP contribution in [0.25, 0.3) is 11.2 Å². The molecule has 3 heterocycles. The monoisotopic (exact) mass is 624 g/mol. The van der Waals surface area contributed by atoms with E-state index in [1.54, 1.807) is 23.7 Å². The van der Waals surface area contributed by atoms with Crippen LogP contribution in [0.1, 0.15) is 29.3 Å². The van der Waals surface area contributed by atoms with Crippen LogP contribution in [0.4, 0.5) is 5.95 Å². The summed E-state index contributed by atoms with van der Waals surface area (Å²) in [7, 11) is 6.83. The van der Waals surface area contributed by atoms with Crippen molar-refractivity contribution in [3.8, 4) is 11.5 Å². The number of fused-ring (bicyclic) bond motifs is 1. The summed E-state index contributed by atoms with van der Waals surface area (Å²) in [5.41, 5.74) is 1.29. The van der Waals surface area contributed by atoms with Crippen molar-refractivity contribution in [1.82, 2.24) is 24.4 Å². The average Bonchev–Trinajstić information content (AvgIpc) is 3.67. The van der Waals surface area contributed by atoms with Crippen LogP contribution >= 0.6 is 0 Å². The summed E-state index contributed by atoms with van der Waals surface area (Å²) < 4.78 is 26.6. The first-order valence-corrected chi connectivity index (χ1v) is 14.8. The highest BCUT2D eigenvalue weighted by molar-refractivity contribution is 5.71. The van der Waals surface area contributed by atoms with Gasteiger partial charge in [0.25, 0.3) is 5.56 Å². The molecular formula is C34H36N6O6. The number of nitrogens with one attached hydrogen (secondary N) is 1. The van der Waals surface area contributed by atoms with Crippen molar-refractivity contribution in [3.05, 3.63) is 112 Å². The smallest absolute Gasteiger partial charge is 0.280 e. The fourth-order valence-electron chi connectivity index (χ4n) is 5.87. The van der Waals surface area contributed by atoms with Crippen molar-refractivity contribution in [2.45, 2.75) is 30.5 Å². The Morgan fingerprint density at radius 3 is 2.37 bits per heavy atom. The number of aliphatic hydroxyl groups excluding tert-OH is 1.